The molecular formula is C18H30N2S. The molecule has 3 heteroatoms. The Bertz CT molecular complexity index is 442. The zero-order valence-electron chi connectivity index (χ0n) is 13.6. The minimum absolute atomic E-state index is 0.616. The molecular weight excluding hydrogens is 276 g/mol. The third kappa shape index (κ3) is 3.52. The highest BCUT2D eigenvalue weighted by atomic mass is 32.1. The Labute approximate surface area is 133 Å². The van der Waals surface area contributed by atoms with Gasteiger partial charge in [0.1, 0.15) is 0 Å². The maximum atomic E-state index is 3.77. The first kappa shape index (κ1) is 15.5. The number of nitrogens with one attached hydrogen (secondary N) is 1. The van der Waals surface area contributed by atoms with Crippen molar-refractivity contribution in [3.63, 3.8) is 0 Å². The fourth-order valence-corrected chi connectivity index (χ4v) is 5.21. The zero-order chi connectivity index (χ0) is 14.7. The molecule has 1 N–H and O–H groups in total. The molecule has 0 saturated heterocycles. The Kier molecular flexibility index (Phi) is 5.36. The maximum absolute atomic E-state index is 3.77. The van der Waals surface area contributed by atoms with Crippen LogP contribution in [0.15, 0.2) is 11.4 Å². The molecule has 3 atom stereocenters. The molecule has 1 aromatic heterocycles. The molecule has 0 radical (unpaired) electrons. The van der Waals surface area contributed by atoms with Crippen LogP contribution in [0.2, 0.25) is 0 Å². The van der Waals surface area contributed by atoms with Crippen molar-refractivity contribution in [2.45, 2.75) is 64.5 Å². The molecule has 2 heterocycles. The molecule has 3 rings (SSSR count). The summed E-state index contributed by atoms with van der Waals surface area (Å²) in [6.07, 6.45) is 8.33. The van der Waals surface area contributed by atoms with Crippen molar-refractivity contribution in [1.82, 2.24) is 10.2 Å². The second-order valence-electron chi connectivity index (χ2n) is 6.78. The van der Waals surface area contributed by atoms with Gasteiger partial charge < -0.3 is 5.32 Å². The number of nitrogens with zero attached hydrogens (tertiary/aromatic N) is 1. The van der Waals surface area contributed by atoms with Crippen molar-refractivity contribution in [2.24, 2.45) is 5.92 Å². The smallest absolute Gasteiger partial charge is 0.0331 e. The molecule has 1 fully saturated rings. The van der Waals surface area contributed by atoms with Gasteiger partial charge in [-0.05, 0) is 55.7 Å². The van der Waals surface area contributed by atoms with Crippen LogP contribution in [0.5, 0.6) is 0 Å². The second kappa shape index (κ2) is 7.26. The Morgan fingerprint density at radius 1 is 1.29 bits per heavy atom. The van der Waals surface area contributed by atoms with Gasteiger partial charge >= 0.3 is 0 Å². The number of rotatable bonds is 4. The molecule has 21 heavy (non-hydrogen) atoms. The molecule has 1 aromatic rings. The predicted molar refractivity (Wildman–Crippen MR) is 92.1 cm³/mol. The van der Waals surface area contributed by atoms with Crippen LogP contribution >= 0.6 is 11.3 Å². The molecule has 2 nitrogen and oxygen atoms in total. The van der Waals surface area contributed by atoms with E-state index in [1.54, 1.807) is 10.4 Å². The van der Waals surface area contributed by atoms with E-state index in [0.717, 1.165) is 18.5 Å². The lowest BCUT2D eigenvalue weighted by atomic mass is 9.91. The van der Waals surface area contributed by atoms with Gasteiger partial charge in [0.2, 0.25) is 0 Å². The van der Waals surface area contributed by atoms with Crippen LogP contribution in [0, 0.1) is 5.92 Å². The fraction of sp³-hybridized carbons (Fsp3) is 0.778. The summed E-state index contributed by atoms with van der Waals surface area (Å²) < 4.78 is 0. The average molecular weight is 307 g/mol. The predicted octanol–water partition coefficient (Wildman–Crippen LogP) is 4.23. The Morgan fingerprint density at radius 2 is 2.14 bits per heavy atom. The quantitative estimate of drug-likeness (QED) is 0.838. The van der Waals surface area contributed by atoms with E-state index in [-0.39, 0.29) is 0 Å². The number of hydrogen-bond acceptors (Lipinski definition) is 3. The second-order valence-corrected chi connectivity index (χ2v) is 7.78. The van der Waals surface area contributed by atoms with Crippen molar-refractivity contribution in [3.8, 4) is 0 Å². The third-order valence-electron chi connectivity index (χ3n) is 5.50. The lowest BCUT2D eigenvalue weighted by molar-refractivity contribution is 0.146. The van der Waals surface area contributed by atoms with E-state index in [9.17, 15) is 0 Å². The van der Waals surface area contributed by atoms with E-state index in [1.807, 2.05) is 11.3 Å². The summed E-state index contributed by atoms with van der Waals surface area (Å²) in [5.41, 5.74) is 1.60. The summed E-state index contributed by atoms with van der Waals surface area (Å²) in [4.78, 5) is 4.37. The molecule has 3 unspecified atom stereocenters. The number of thiophene rings is 1. The van der Waals surface area contributed by atoms with E-state index >= 15 is 0 Å². The lowest BCUT2D eigenvalue weighted by Crippen LogP contribution is -2.44. The topological polar surface area (TPSA) is 15.3 Å². The minimum Gasteiger partial charge on any atom is -0.314 e. The first-order valence-electron chi connectivity index (χ1n) is 8.83. The number of hydrogen-bond donors (Lipinski definition) is 1. The molecule has 1 aliphatic carbocycles. The van der Waals surface area contributed by atoms with Crippen molar-refractivity contribution in [3.05, 3.63) is 21.9 Å². The average Bonchev–Trinajstić information content (AvgIpc) is 2.86. The van der Waals surface area contributed by atoms with Crippen molar-refractivity contribution >= 4 is 11.3 Å². The summed E-state index contributed by atoms with van der Waals surface area (Å²) in [7, 11) is 0. The van der Waals surface area contributed by atoms with Gasteiger partial charge in [0, 0.05) is 30.1 Å². The Morgan fingerprint density at radius 3 is 3.00 bits per heavy atom. The van der Waals surface area contributed by atoms with Crippen LogP contribution in [0.1, 0.15) is 62.4 Å². The molecule has 118 valence electrons. The molecule has 2 aliphatic rings. The van der Waals surface area contributed by atoms with E-state index in [4.69, 9.17) is 0 Å². The molecule has 1 saturated carbocycles. The van der Waals surface area contributed by atoms with Crippen LogP contribution in [0.4, 0.5) is 0 Å². The summed E-state index contributed by atoms with van der Waals surface area (Å²) >= 11 is 1.95. The van der Waals surface area contributed by atoms with E-state index < -0.39 is 0 Å². The summed E-state index contributed by atoms with van der Waals surface area (Å²) in [5.74, 6) is 0.843. The van der Waals surface area contributed by atoms with Gasteiger partial charge in [-0.1, -0.05) is 26.2 Å². The van der Waals surface area contributed by atoms with Gasteiger partial charge in [-0.2, -0.15) is 0 Å². The summed E-state index contributed by atoms with van der Waals surface area (Å²) in [6.45, 7) is 8.32. The van der Waals surface area contributed by atoms with E-state index in [1.165, 1.54) is 51.6 Å². The molecule has 0 bridgehead atoms. The molecule has 0 amide bonds. The lowest BCUT2D eigenvalue weighted by Gasteiger charge is -2.38. The Balaban J connectivity index is 1.67. The zero-order valence-corrected chi connectivity index (χ0v) is 14.4. The normalized spacial score (nSPS) is 30.9. The van der Waals surface area contributed by atoms with E-state index in [0.29, 0.717) is 6.04 Å². The maximum Gasteiger partial charge on any atom is 0.0331 e. The van der Waals surface area contributed by atoms with E-state index in [2.05, 4.69) is 35.5 Å². The van der Waals surface area contributed by atoms with Gasteiger partial charge in [-0.3, -0.25) is 4.90 Å². The van der Waals surface area contributed by atoms with Gasteiger partial charge in [-0.25, -0.2) is 0 Å². The summed E-state index contributed by atoms with van der Waals surface area (Å²) in [6, 6.07) is 3.71. The standard InChI is InChI=1S/C18H30N2S/c1-3-19-17-8-6-4-5-7-15(17)13-20-11-9-18-16(14(20)2)10-12-21-18/h10,12,14-15,17,19H,3-9,11,13H2,1-2H3. The van der Waals surface area contributed by atoms with Crippen LogP contribution in [-0.4, -0.2) is 30.6 Å². The van der Waals surface area contributed by atoms with Crippen molar-refractivity contribution in [2.75, 3.05) is 19.6 Å². The molecule has 1 aliphatic heterocycles. The molecule has 0 spiro atoms. The first-order valence-corrected chi connectivity index (χ1v) is 9.71. The first-order chi connectivity index (χ1) is 10.3. The Hall–Kier alpha value is -0.380. The highest BCUT2D eigenvalue weighted by molar-refractivity contribution is 7.10. The van der Waals surface area contributed by atoms with Crippen molar-refractivity contribution < 1.29 is 0 Å². The van der Waals surface area contributed by atoms with Gasteiger partial charge in [0.15, 0.2) is 0 Å². The van der Waals surface area contributed by atoms with Crippen LogP contribution in [-0.2, 0) is 6.42 Å². The van der Waals surface area contributed by atoms with Crippen LogP contribution in [0.25, 0.3) is 0 Å². The minimum atomic E-state index is 0.616. The highest BCUT2D eigenvalue weighted by Crippen LogP contribution is 2.34. The van der Waals surface area contributed by atoms with Crippen LogP contribution < -0.4 is 5.32 Å². The summed E-state index contributed by atoms with van der Waals surface area (Å²) in [5, 5.41) is 6.04. The molecule has 0 aromatic carbocycles. The van der Waals surface area contributed by atoms with Crippen LogP contribution in [0.3, 0.4) is 0 Å². The highest BCUT2D eigenvalue weighted by Gasteiger charge is 2.30. The SMILES string of the molecule is CCNC1CCCCCC1CN1CCc2sccc2C1C. The van der Waals surface area contributed by atoms with Crippen molar-refractivity contribution in [1.29, 1.82) is 0 Å². The monoisotopic (exact) mass is 306 g/mol. The van der Waals surface area contributed by atoms with Gasteiger partial charge in [0.25, 0.3) is 0 Å². The largest absolute Gasteiger partial charge is 0.314 e. The third-order valence-corrected chi connectivity index (χ3v) is 6.49. The van der Waals surface area contributed by atoms with Gasteiger partial charge in [0.05, 0.1) is 0 Å². The number of fused-ring (bicyclic) bond motifs is 1. The van der Waals surface area contributed by atoms with Gasteiger partial charge in [-0.15, -0.1) is 11.3 Å². The fourth-order valence-electron chi connectivity index (χ4n) is 4.25.